The summed E-state index contributed by atoms with van der Waals surface area (Å²) in [6.45, 7) is 1.62. The number of hydrogen-bond donors (Lipinski definition) is 1. The number of carbonyl (C=O) groups is 1. The molecule has 3 heterocycles. The van der Waals surface area contributed by atoms with Crippen molar-refractivity contribution in [1.82, 2.24) is 9.97 Å². The zero-order valence-corrected chi connectivity index (χ0v) is 16.7. The highest BCUT2D eigenvalue weighted by atomic mass is 35.5. The zero-order valence-electron chi connectivity index (χ0n) is 15.1. The van der Waals surface area contributed by atoms with E-state index in [1.165, 1.54) is 11.3 Å². The number of carbonyl (C=O) groups excluding carboxylic acids is 1. The molecule has 4 rings (SSSR count). The van der Waals surface area contributed by atoms with Crippen LogP contribution in [0, 0.1) is 0 Å². The van der Waals surface area contributed by atoms with Gasteiger partial charge in [-0.25, -0.2) is 4.98 Å². The first-order valence-corrected chi connectivity index (χ1v) is 10.0. The van der Waals surface area contributed by atoms with Crippen LogP contribution in [0.25, 0.3) is 10.2 Å². The fourth-order valence-corrected chi connectivity index (χ4v) is 4.31. The summed E-state index contributed by atoms with van der Waals surface area (Å²) in [7, 11) is 1.59. The Morgan fingerprint density at radius 3 is 3.04 bits per heavy atom. The quantitative estimate of drug-likeness (QED) is 0.634. The number of hydrogen-bond acceptors (Lipinski definition) is 7. The second-order valence-electron chi connectivity index (χ2n) is 6.11. The van der Waals surface area contributed by atoms with Crippen molar-refractivity contribution < 1.29 is 19.0 Å². The number of anilines is 1. The minimum absolute atomic E-state index is 0.172. The molecule has 1 aromatic carbocycles. The van der Waals surface area contributed by atoms with Gasteiger partial charge in [0.15, 0.2) is 5.13 Å². The molecule has 1 amide bonds. The summed E-state index contributed by atoms with van der Waals surface area (Å²) in [6.07, 6.45) is 2.97. The van der Waals surface area contributed by atoms with Gasteiger partial charge in [0, 0.05) is 29.4 Å². The maximum atomic E-state index is 12.7. The minimum Gasteiger partial charge on any atom is -0.494 e. The van der Waals surface area contributed by atoms with Gasteiger partial charge in [0.2, 0.25) is 0 Å². The highest BCUT2D eigenvalue weighted by Crippen LogP contribution is 2.39. The number of halogens is 1. The molecule has 0 spiro atoms. The predicted molar refractivity (Wildman–Crippen MR) is 107 cm³/mol. The number of nitrogens with one attached hydrogen (secondary N) is 1. The highest BCUT2D eigenvalue weighted by molar-refractivity contribution is 7.22. The molecule has 0 bridgehead atoms. The van der Waals surface area contributed by atoms with Crippen molar-refractivity contribution >= 4 is 44.2 Å². The molecule has 0 saturated carbocycles. The van der Waals surface area contributed by atoms with Gasteiger partial charge in [-0.15, -0.1) is 11.6 Å². The van der Waals surface area contributed by atoms with E-state index in [1.807, 2.05) is 12.1 Å². The SMILES string of the molecule is COc1ccc(C2COCCO2)c2sc(NC(=O)c3ccncc3CCl)nc12. The summed E-state index contributed by atoms with van der Waals surface area (Å²) in [5.74, 6) is 0.556. The Labute approximate surface area is 170 Å². The normalized spacial score (nSPS) is 16.9. The Kier molecular flexibility index (Phi) is 5.72. The molecule has 1 saturated heterocycles. The van der Waals surface area contributed by atoms with E-state index < -0.39 is 0 Å². The number of aromatic nitrogens is 2. The van der Waals surface area contributed by atoms with Gasteiger partial charge < -0.3 is 14.2 Å². The van der Waals surface area contributed by atoms with Crippen LogP contribution in [0.2, 0.25) is 0 Å². The first-order valence-electron chi connectivity index (χ1n) is 8.68. The van der Waals surface area contributed by atoms with Gasteiger partial charge in [0.05, 0.1) is 31.6 Å². The van der Waals surface area contributed by atoms with Crippen molar-refractivity contribution in [2.24, 2.45) is 0 Å². The molecule has 1 atom stereocenters. The van der Waals surface area contributed by atoms with Gasteiger partial charge in [0.1, 0.15) is 17.4 Å². The molecule has 0 radical (unpaired) electrons. The Bertz CT molecular complexity index is 1000. The average Bonchev–Trinajstić information content (AvgIpc) is 3.17. The lowest BCUT2D eigenvalue weighted by Gasteiger charge is -2.23. The zero-order chi connectivity index (χ0) is 19.5. The summed E-state index contributed by atoms with van der Waals surface area (Å²) < 4.78 is 17.7. The van der Waals surface area contributed by atoms with Gasteiger partial charge in [-0.05, 0) is 17.7 Å². The molecule has 1 unspecified atom stereocenters. The smallest absolute Gasteiger partial charge is 0.257 e. The van der Waals surface area contributed by atoms with Crippen LogP contribution < -0.4 is 10.1 Å². The van der Waals surface area contributed by atoms with Crippen LogP contribution in [-0.4, -0.2) is 42.8 Å². The van der Waals surface area contributed by atoms with Crippen LogP contribution in [-0.2, 0) is 15.4 Å². The van der Waals surface area contributed by atoms with E-state index in [2.05, 4.69) is 15.3 Å². The maximum Gasteiger partial charge on any atom is 0.257 e. The van der Waals surface area contributed by atoms with Crippen LogP contribution in [0.4, 0.5) is 5.13 Å². The van der Waals surface area contributed by atoms with Gasteiger partial charge in [-0.2, -0.15) is 0 Å². The number of ether oxygens (including phenoxy) is 3. The van der Waals surface area contributed by atoms with E-state index in [4.69, 9.17) is 25.8 Å². The van der Waals surface area contributed by atoms with Gasteiger partial charge in [0.25, 0.3) is 5.91 Å². The maximum absolute atomic E-state index is 12.7. The molecule has 9 heteroatoms. The number of methoxy groups -OCH3 is 1. The number of fused-ring (bicyclic) bond motifs is 1. The summed E-state index contributed by atoms with van der Waals surface area (Å²) >= 11 is 7.29. The molecule has 3 aromatic rings. The molecule has 28 heavy (non-hydrogen) atoms. The van der Waals surface area contributed by atoms with Crippen LogP contribution in [0.1, 0.15) is 27.6 Å². The van der Waals surface area contributed by atoms with E-state index >= 15 is 0 Å². The van der Waals surface area contributed by atoms with Crippen LogP contribution >= 0.6 is 22.9 Å². The third kappa shape index (κ3) is 3.68. The highest BCUT2D eigenvalue weighted by Gasteiger charge is 2.23. The number of amides is 1. The number of rotatable bonds is 5. The number of alkyl halides is 1. The van der Waals surface area contributed by atoms with Gasteiger partial charge in [-0.1, -0.05) is 17.4 Å². The van der Waals surface area contributed by atoms with Crippen LogP contribution in [0.3, 0.4) is 0 Å². The molecule has 1 N–H and O–H groups in total. The van der Waals surface area contributed by atoms with Crippen molar-refractivity contribution in [3.8, 4) is 5.75 Å². The fraction of sp³-hybridized carbons (Fsp3) is 0.316. The number of thiazole rings is 1. The Hall–Kier alpha value is -2.26. The molecule has 146 valence electrons. The third-order valence-corrected chi connectivity index (χ3v) is 5.74. The van der Waals surface area contributed by atoms with Crippen molar-refractivity contribution in [3.63, 3.8) is 0 Å². The second-order valence-corrected chi connectivity index (χ2v) is 7.38. The molecule has 7 nitrogen and oxygen atoms in total. The van der Waals surface area contributed by atoms with Crippen molar-refractivity contribution in [3.05, 3.63) is 47.3 Å². The lowest BCUT2D eigenvalue weighted by atomic mass is 10.1. The second kappa shape index (κ2) is 8.40. The average molecular weight is 420 g/mol. The van der Waals surface area contributed by atoms with Crippen molar-refractivity contribution in [1.29, 1.82) is 0 Å². The van der Waals surface area contributed by atoms with Gasteiger partial charge >= 0.3 is 0 Å². The van der Waals surface area contributed by atoms with Crippen molar-refractivity contribution in [2.45, 2.75) is 12.0 Å². The fourth-order valence-electron chi connectivity index (χ4n) is 3.06. The molecule has 2 aromatic heterocycles. The molecule has 1 fully saturated rings. The first-order chi connectivity index (χ1) is 13.7. The van der Waals surface area contributed by atoms with E-state index in [0.29, 0.717) is 47.3 Å². The largest absolute Gasteiger partial charge is 0.494 e. The third-order valence-electron chi connectivity index (χ3n) is 4.43. The number of benzene rings is 1. The van der Waals surface area contributed by atoms with E-state index in [-0.39, 0.29) is 17.9 Å². The molecule has 0 aliphatic carbocycles. The van der Waals surface area contributed by atoms with E-state index in [9.17, 15) is 4.79 Å². The first kappa shape index (κ1) is 19.1. The Morgan fingerprint density at radius 2 is 2.29 bits per heavy atom. The topological polar surface area (TPSA) is 82.6 Å². The lowest BCUT2D eigenvalue weighted by Crippen LogP contribution is -2.21. The number of nitrogens with zero attached hydrogens (tertiary/aromatic N) is 2. The summed E-state index contributed by atoms with van der Waals surface area (Å²) in [6, 6.07) is 5.45. The summed E-state index contributed by atoms with van der Waals surface area (Å²) in [5.41, 5.74) is 2.79. The van der Waals surface area contributed by atoms with Crippen LogP contribution in [0.15, 0.2) is 30.6 Å². The lowest BCUT2D eigenvalue weighted by molar-refractivity contribution is -0.0895. The monoisotopic (exact) mass is 419 g/mol. The minimum atomic E-state index is -0.283. The van der Waals surface area contributed by atoms with Crippen molar-refractivity contribution in [2.75, 3.05) is 32.2 Å². The molecule has 1 aliphatic rings. The van der Waals surface area contributed by atoms with E-state index in [0.717, 1.165) is 10.3 Å². The van der Waals surface area contributed by atoms with Crippen LogP contribution in [0.5, 0.6) is 5.75 Å². The Balaban J connectivity index is 1.69. The molecular formula is C19H18ClN3O4S. The molecule has 1 aliphatic heterocycles. The Morgan fingerprint density at radius 1 is 1.39 bits per heavy atom. The molecular weight excluding hydrogens is 402 g/mol. The summed E-state index contributed by atoms with van der Waals surface area (Å²) in [4.78, 5) is 21.3. The summed E-state index contributed by atoms with van der Waals surface area (Å²) in [5, 5.41) is 3.33. The van der Waals surface area contributed by atoms with Gasteiger partial charge in [-0.3, -0.25) is 15.1 Å². The standard InChI is InChI=1S/C19H18ClN3O4S/c1-25-14-3-2-13(15-10-26-6-7-27-15)17-16(14)22-19(28-17)23-18(24)12-4-5-21-9-11(12)8-20/h2-5,9,15H,6-8,10H2,1H3,(H,22,23,24). The predicted octanol–water partition coefficient (Wildman–Crippen LogP) is 3.78. The number of pyridine rings is 1. The van der Waals surface area contributed by atoms with E-state index in [1.54, 1.807) is 25.6 Å².